The van der Waals surface area contributed by atoms with Gasteiger partial charge in [0.2, 0.25) is 0 Å². The predicted octanol–water partition coefficient (Wildman–Crippen LogP) is -0.102. The average molecular weight is 470 g/mol. The zero-order valence-corrected chi connectivity index (χ0v) is 18.8. The molecular weight excluding hydrogens is 444 g/mol. The number of ether oxygens (including phenoxy) is 6. The molecule has 1 aromatic rings. The van der Waals surface area contributed by atoms with Crippen LogP contribution in [0.5, 0.6) is 6.01 Å². The summed E-state index contributed by atoms with van der Waals surface area (Å²) in [5.74, 6) is -2.89. The van der Waals surface area contributed by atoms with Gasteiger partial charge < -0.3 is 28.4 Å². The number of carbonyl (C=O) groups excluding carboxylic acids is 4. The molecule has 0 radical (unpaired) electrons. The lowest BCUT2D eigenvalue weighted by Gasteiger charge is -2.45. The monoisotopic (exact) mass is 470 g/mol. The summed E-state index contributed by atoms with van der Waals surface area (Å²) in [5, 5.41) is 0. The Morgan fingerprint density at radius 1 is 0.939 bits per heavy atom. The summed E-state index contributed by atoms with van der Waals surface area (Å²) < 4.78 is 33.8. The fraction of sp³-hybridized carbons (Fsp3) is 0.600. The van der Waals surface area contributed by atoms with E-state index in [1.54, 1.807) is 6.92 Å². The Morgan fingerprint density at radius 3 is 2.06 bits per heavy atom. The topological polar surface area (TPSA) is 159 Å². The molecule has 0 aromatic carbocycles. The van der Waals surface area contributed by atoms with Gasteiger partial charge in [-0.05, 0) is 6.92 Å². The minimum Gasteiger partial charge on any atom is -0.465 e. The summed E-state index contributed by atoms with van der Waals surface area (Å²) in [5.41, 5.74) is -0.597. The van der Waals surface area contributed by atoms with Gasteiger partial charge in [-0.3, -0.25) is 28.5 Å². The van der Waals surface area contributed by atoms with Crippen LogP contribution in [0.15, 0.2) is 17.1 Å². The molecule has 182 valence electrons. The first-order valence-corrected chi connectivity index (χ1v) is 10.1. The summed E-state index contributed by atoms with van der Waals surface area (Å²) in [6.45, 7) is 5.96. The van der Waals surface area contributed by atoms with E-state index in [0.29, 0.717) is 0 Å². The Morgan fingerprint density at radius 2 is 1.52 bits per heavy atom. The van der Waals surface area contributed by atoms with E-state index in [2.05, 4.69) is 4.98 Å². The van der Waals surface area contributed by atoms with Gasteiger partial charge in [-0.15, -0.1) is 0 Å². The van der Waals surface area contributed by atoms with Gasteiger partial charge in [0.05, 0.1) is 6.61 Å². The number of esters is 4. The molecule has 0 aliphatic carbocycles. The van der Waals surface area contributed by atoms with E-state index >= 15 is 0 Å². The quantitative estimate of drug-likeness (QED) is 0.367. The van der Waals surface area contributed by atoms with Gasteiger partial charge in [-0.2, -0.15) is 4.98 Å². The third-order valence-electron chi connectivity index (χ3n) is 4.32. The van der Waals surface area contributed by atoms with Crippen molar-refractivity contribution in [3.8, 4) is 6.01 Å². The van der Waals surface area contributed by atoms with E-state index in [-0.39, 0.29) is 19.2 Å². The van der Waals surface area contributed by atoms with Gasteiger partial charge in [-0.25, -0.2) is 0 Å². The van der Waals surface area contributed by atoms with Crippen molar-refractivity contribution < 1.29 is 47.6 Å². The predicted molar refractivity (Wildman–Crippen MR) is 107 cm³/mol. The summed E-state index contributed by atoms with van der Waals surface area (Å²) in [6.07, 6.45) is -5.12. The molecule has 1 unspecified atom stereocenters. The highest BCUT2D eigenvalue weighted by atomic mass is 16.7. The molecule has 0 saturated carbocycles. The van der Waals surface area contributed by atoms with Gasteiger partial charge in [0.15, 0.2) is 24.5 Å². The van der Waals surface area contributed by atoms with Crippen molar-refractivity contribution in [2.75, 3.05) is 13.2 Å². The molecule has 1 aromatic heterocycles. The Hall–Kier alpha value is -3.48. The van der Waals surface area contributed by atoms with Gasteiger partial charge in [0, 0.05) is 40.0 Å². The van der Waals surface area contributed by atoms with E-state index in [4.69, 9.17) is 28.4 Å². The number of nitrogens with zero attached hydrogens (tertiary/aromatic N) is 2. The van der Waals surface area contributed by atoms with Crippen LogP contribution in [0.25, 0.3) is 0 Å². The van der Waals surface area contributed by atoms with Crippen LogP contribution < -0.4 is 10.3 Å². The first-order chi connectivity index (χ1) is 15.5. The highest BCUT2D eigenvalue weighted by Gasteiger charge is 2.53. The van der Waals surface area contributed by atoms with Crippen molar-refractivity contribution in [3.63, 3.8) is 0 Å². The van der Waals surface area contributed by atoms with Crippen molar-refractivity contribution in [1.82, 2.24) is 9.55 Å². The number of hydrogen-bond donors (Lipinski definition) is 0. The van der Waals surface area contributed by atoms with Gasteiger partial charge in [0.25, 0.3) is 5.56 Å². The highest BCUT2D eigenvalue weighted by Crippen LogP contribution is 2.36. The molecule has 1 aliphatic heterocycles. The van der Waals surface area contributed by atoms with E-state index in [0.717, 1.165) is 26.8 Å². The van der Waals surface area contributed by atoms with Crippen molar-refractivity contribution >= 4 is 23.9 Å². The first-order valence-electron chi connectivity index (χ1n) is 10.1. The maximum Gasteiger partial charge on any atom is 0.303 e. The van der Waals surface area contributed by atoms with Crippen LogP contribution in [-0.2, 0) is 42.9 Å². The number of hydrogen-bond acceptors (Lipinski definition) is 12. The van der Waals surface area contributed by atoms with E-state index < -0.39 is 60.1 Å². The molecule has 5 atom stereocenters. The fourth-order valence-corrected chi connectivity index (χ4v) is 3.26. The third kappa shape index (κ3) is 7.00. The second kappa shape index (κ2) is 11.4. The maximum absolute atomic E-state index is 11.9. The summed E-state index contributed by atoms with van der Waals surface area (Å²) >= 11 is 0. The fourth-order valence-electron chi connectivity index (χ4n) is 3.26. The molecular formula is C20H26N2O11. The zero-order chi connectivity index (χ0) is 24.7. The van der Waals surface area contributed by atoms with Gasteiger partial charge in [0.1, 0.15) is 12.7 Å². The summed E-state index contributed by atoms with van der Waals surface area (Å²) in [6, 6.07) is 0.961. The van der Waals surface area contributed by atoms with Crippen LogP contribution in [0.3, 0.4) is 0 Å². The molecule has 2 heterocycles. The van der Waals surface area contributed by atoms with E-state index in [1.807, 2.05) is 0 Å². The molecule has 13 nitrogen and oxygen atoms in total. The molecule has 0 spiro atoms. The summed E-state index contributed by atoms with van der Waals surface area (Å²) in [4.78, 5) is 62.5. The van der Waals surface area contributed by atoms with Crippen molar-refractivity contribution in [1.29, 1.82) is 0 Å². The minimum absolute atomic E-state index is 0.141. The third-order valence-corrected chi connectivity index (χ3v) is 4.32. The van der Waals surface area contributed by atoms with Crippen LogP contribution >= 0.6 is 0 Å². The normalized spacial score (nSPS) is 24.3. The highest BCUT2D eigenvalue weighted by molar-refractivity contribution is 5.68. The maximum atomic E-state index is 11.9. The van der Waals surface area contributed by atoms with Crippen LogP contribution in [0.1, 0.15) is 40.8 Å². The average Bonchev–Trinajstić information content (AvgIpc) is 2.69. The molecule has 1 fully saturated rings. The summed E-state index contributed by atoms with van der Waals surface area (Å²) in [7, 11) is 0. The second-order valence-corrected chi connectivity index (χ2v) is 6.98. The smallest absolute Gasteiger partial charge is 0.303 e. The number of carbonyl (C=O) groups is 4. The molecule has 1 saturated heterocycles. The van der Waals surface area contributed by atoms with Crippen LogP contribution in [0.2, 0.25) is 0 Å². The molecule has 2 rings (SSSR count). The lowest BCUT2D eigenvalue weighted by Crippen LogP contribution is -2.60. The molecule has 1 aliphatic rings. The molecule has 0 bridgehead atoms. The van der Waals surface area contributed by atoms with E-state index in [9.17, 15) is 24.0 Å². The first kappa shape index (κ1) is 25.8. The Labute approximate surface area is 188 Å². The van der Waals surface area contributed by atoms with E-state index in [1.165, 1.54) is 17.7 Å². The number of aromatic nitrogens is 2. The van der Waals surface area contributed by atoms with Gasteiger partial charge >= 0.3 is 29.9 Å². The Balaban J connectivity index is 2.63. The van der Waals surface area contributed by atoms with Gasteiger partial charge in [-0.1, -0.05) is 0 Å². The van der Waals surface area contributed by atoms with Crippen molar-refractivity contribution in [3.05, 3.63) is 22.6 Å². The standard InChI is InChI=1S/C20H26N2O11/c1-6-28-20-21-15(27)7-8-22(20)19-18(32-13(5)26)17(31-12(4)25)16(30-11(3)24)14(33-19)9-29-10(2)23/h7-8,14,16-19H,6,9H2,1-5H3/t14-,16-,17+,18-,19?/m1/s1. The molecule has 0 N–H and O–H groups in total. The second-order valence-electron chi connectivity index (χ2n) is 6.98. The van der Waals surface area contributed by atoms with Crippen LogP contribution in [0, 0.1) is 0 Å². The lowest BCUT2D eigenvalue weighted by atomic mass is 9.97. The van der Waals surface area contributed by atoms with Crippen LogP contribution in [-0.4, -0.2) is 71.1 Å². The van der Waals surface area contributed by atoms with Crippen LogP contribution in [0.4, 0.5) is 0 Å². The minimum atomic E-state index is -1.36. The SMILES string of the molecule is CCOc1nc(=O)ccn1C1O[C@H](COC(C)=O)[C@@H](OC(C)=O)[C@H](OC(C)=O)[C@H]1OC(C)=O. The molecule has 0 amide bonds. The van der Waals surface area contributed by atoms with Crippen molar-refractivity contribution in [2.45, 2.75) is 65.3 Å². The van der Waals surface area contributed by atoms with Crippen molar-refractivity contribution in [2.24, 2.45) is 0 Å². The Bertz CT molecular complexity index is 944. The lowest BCUT2D eigenvalue weighted by molar-refractivity contribution is -0.269. The molecule has 13 heteroatoms. The largest absolute Gasteiger partial charge is 0.465 e. The Kier molecular flexibility index (Phi) is 8.91. The zero-order valence-electron chi connectivity index (χ0n) is 18.8. The number of rotatable bonds is 8. The molecule has 33 heavy (non-hydrogen) atoms.